The van der Waals surface area contributed by atoms with Gasteiger partial charge in [-0.2, -0.15) is 0 Å². The minimum atomic E-state index is -1.44. The number of hydrogen-bond acceptors (Lipinski definition) is 3. The molecule has 0 fully saturated rings. The second-order valence-electron chi connectivity index (χ2n) is 0.995. The van der Waals surface area contributed by atoms with Gasteiger partial charge in [-0.15, -0.1) is 0 Å². The van der Waals surface area contributed by atoms with E-state index in [2.05, 4.69) is 0 Å². The van der Waals surface area contributed by atoms with Crippen molar-refractivity contribution in [3.05, 3.63) is 0 Å². The molecule has 0 saturated carbocycles. The minimum Gasteiger partial charge on any atom is -0.547 e. The van der Waals surface area contributed by atoms with Crippen LogP contribution in [0.15, 0.2) is 0 Å². The van der Waals surface area contributed by atoms with Crippen molar-refractivity contribution in [2.75, 3.05) is 0 Å². The van der Waals surface area contributed by atoms with E-state index in [4.69, 9.17) is 5.11 Å². The van der Waals surface area contributed by atoms with E-state index >= 15 is 0 Å². The van der Waals surface area contributed by atoms with Gasteiger partial charge in [-0.05, 0) is 6.92 Å². The van der Waals surface area contributed by atoms with Gasteiger partial charge in [0.15, 0.2) is 0 Å². The molecule has 0 aliphatic carbocycles. The summed E-state index contributed by atoms with van der Waals surface area (Å²) in [6.07, 6.45) is -1.34. The SMILES string of the molecule is C[C@H](O)C(=O)[O-].[Cs+]. The molecule has 1 atom stereocenters. The average Bonchev–Trinajstić information content (AvgIpc) is 1.36. The second-order valence-corrected chi connectivity index (χ2v) is 0.995. The van der Waals surface area contributed by atoms with Crippen LogP contribution in [0.4, 0.5) is 0 Å². The third-order valence-electron chi connectivity index (χ3n) is 0.341. The van der Waals surface area contributed by atoms with Crippen LogP contribution in [-0.2, 0) is 4.79 Å². The molecule has 0 saturated heterocycles. The van der Waals surface area contributed by atoms with Crippen molar-refractivity contribution in [3.63, 3.8) is 0 Å². The Hall–Kier alpha value is 1.48. The number of hydrogen-bond donors (Lipinski definition) is 1. The maximum Gasteiger partial charge on any atom is 1.00 e. The molecule has 4 heteroatoms. The van der Waals surface area contributed by atoms with Crippen LogP contribution in [0.5, 0.6) is 0 Å². The van der Waals surface area contributed by atoms with E-state index in [1.807, 2.05) is 0 Å². The number of rotatable bonds is 1. The Kier molecular flexibility index (Phi) is 9.07. The Morgan fingerprint density at radius 3 is 2.00 bits per heavy atom. The summed E-state index contributed by atoms with van der Waals surface area (Å²) in [5.74, 6) is -1.44. The molecule has 0 aliphatic rings. The molecule has 0 aromatic heterocycles. The molecular formula is C3H5CsO3. The van der Waals surface area contributed by atoms with Gasteiger partial charge in [-0.3, -0.25) is 0 Å². The second kappa shape index (κ2) is 5.62. The molecule has 36 valence electrons. The smallest absolute Gasteiger partial charge is 0.547 e. The first-order valence-electron chi connectivity index (χ1n) is 1.53. The number of aliphatic hydroxyl groups excluding tert-OH is 1. The molecule has 0 radical (unpaired) electrons. The van der Waals surface area contributed by atoms with Crippen molar-refractivity contribution in [2.45, 2.75) is 13.0 Å². The van der Waals surface area contributed by atoms with Gasteiger partial charge in [-0.1, -0.05) is 0 Å². The predicted molar refractivity (Wildman–Crippen MR) is 16.7 cm³/mol. The number of aliphatic hydroxyl groups is 1. The predicted octanol–water partition coefficient (Wildman–Crippen LogP) is -4.88. The van der Waals surface area contributed by atoms with E-state index in [9.17, 15) is 9.90 Å². The topological polar surface area (TPSA) is 60.4 Å². The zero-order valence-electron chi connectivity index (χ0n) is 4.34. The van der Waals surface area contributed by atoms with Crippen molar-refractivity contribution in [2.24, 2.45) is 0 Å². The molecule has 0 aromatic rings. The molecule has 0 aromatic carbocycles. The Balaban J connectivity index is 0. The number of aliphatic carboxylic acids is 1. The number of carbonyl (C=O) groups excluding carboxylic acids is 1. The molecule has 3 nitrogen and oxygen atoms in total. The number of carboxylic acids is 1. The van der Waals surface area contributed by atoms with Gasteiger partial charge in [-0.25, -0.2) is 0 Å². The largest absolute Gasteiger partial charge is 1.00 e. The van der Waals surface area contributed by atoms with Gasteiger partial charge in [0.2, 0.25) is 0 Å². The van der Waals surface area contributed by atoms with Gasteiger partial charge in [0.1, 0.15) is 0 Å². The van der Waals surface area contributed by atoms with Crippen LogP contribution in [0.1, 0.15) is 6.92 Å². The van der Waals surface area contributed by atoms with Gasteiger partial charge in [0.05, 0.1) is 12.1 Å². The Morgan fingerprint density at radius 1 is 1.86 bits per heavy atom. The summed E-state index contributed by atoms with van der Waals surface area (Å²) in [6.45, 7) is 1.13. The van der Waals surface area contributed by atoms with Gasteiger partial charge in [0.25, 0.3) is 0 Å². The fourth-order valence-electron chi connectivity index (χ4n) is 0. The first-order valence-corrected chi connectivity index (χ1v) is 1.53. The zero-order chi connectivity index (χ0) is 5.15. The molecule has 0 spiro atoms. The maximum atomic E-state index is 9.34. The van der Waals surface area contributed by atoms with E-state index < -0.39 is 12.1 Å². The molecule has 0 amide bonds. The normalized spacial score (nSPS) is 11.7. The third-order valence-corrected chi connectivity index (χ3v) is 0.341. The molecule has 0 unspecified atom stereocenters. The summed E-state index contributed by atoms with van der Waals surface area (Å²) in [5, 5.41) is 17.3. The number of carbonyl (C=O) groups is 1. The van der Waals surface area contributed by atoms with Crippen molar-refractivity contribution in [1.82, 2.24) is 0 Å². The van der Waals surface area contributed by atoms with Crippen LogP contribution >= 0.6 is 0 Å². The standard InChI is InChI=1S/C3H6O3.Cs/c1-2(4)3(5)6;/h2,4H,1H3,(H,5,6);/q;+1/p-1/t2-;/m0./s1. The molecule has 0 rings (SSSR count). The Morgan fingerprint density at radius 2 is 2.00 bits per heavy atom. The van der Waals surface area contributed by atoms with Crippen LogP contribution in [0.2, 0.25) is 0 Å². The van der Waals surface area contributed by atoms with Crippen LogP contribution in [-0.4, -0.2) is 17.2 Å². The van der Waals surface area contributed by atoms with E-state index in [0.717, 1.165) is 6.92 Å². The first kappa shape index (κ1) is 11.3. The molecule has 0 heterocycles. The fraction of sp³-hybridized carbons (Fsp3) is 0.667. The average molecular weight is 222 g/mol. The van der Waals surface area contributed by atoms with Crippen molar-refractivity contribution in [3.8, 4) is 0 Å². The van der Waals surface area contributed by atoms with Crippen LogP contribution in [0.25, 0.3) is 0 Å². The molecule has 7 heavy (non-hydrogen) atoms. The van der Waals surface area contributed by atoms with Crippen molar-refractivity contribution in [1.29, 1.82) is 0 Å². The zero-order valence-corrected chi connectivity index (χ0v) is 10.6. The third kappa shape index (κ3) is 7.48. The summed E-state index contributed by atoms with van der Waals surface area (Å²) in [6, 6.07) is 0. The van der Waals surface area contributed by atoms with Gasteiger partial charge in [0, 0.05) is 0 Å². The molecule has 0 aliphatic heterocycles. The Bertz CT molecular complexity index is 61.2. The van der Waals surface area contributed by atoms with Gasteiger partial charge < -0.3 is 15.0 Å². The van der Waals surface area contributed by atoms with Crippen LogP contribution < -0.4 is 74.0 Å². The number of carboxylic acid groups (broad SMARTS) is 1. The Labute approximate surface area is 101 Å². The monoisotopic (exact) mass is 222 g/mol. The minimum absolute atomic E-state index is 0. The van der Waals surface area contributed by atoms with Crippen molar-refractivity contribution >= 4 is 5.97 Å². The van der Waals surface area contributed by atoms with Crippen LogP contribution in [0, 0.1) is 0 Å². The van der Waals surface area contributed by atoms with Gasteiger partial charge >= 0.3 is 68.9 Å². The summed E-state index contributed by atoms with van der Waals surface area (Å²) in [4.78, 5) is 9.34. The molecular weight excluding hydrogens is 217 g/mol. The summed E-state index contributed by atoms with van der Waals surface area (Å²) >= 11 is 0. The fourth-order valence-corrected chi connectivity index (χ4v) is 0. The van der Waals surface area contributed by atoms with E-state index in [1.54, 1.807) is 0 Å². The van der Waals surface area contributed by atoms with E-state index in [-0.39, 0.29) is 68.9 Å². The van der Waals surface area contributed by atoms with E-state index in [0.29, 0.717) is 0 Å². The molecule has 0 bridgehead atoms. The molecule has 1 N–H and O–H groups in total. The summed E-state index contributed by atoms with van der Waals surface area (Å²) in [7, 11) is 0. The summed E-state index contributed by atoms with van der Waals surface area (Å²) < 4.78 is 0. The first-order chi connectivity index (χ1) is 2.64. The summed E-state index contributed by atoms with van der Waals surface area (Å²) in [5.41, 5.74) is 0. The van der Waals surface area contributed by atoms with Crippen LogP contribution in [0.3, 0.4) is 0 Å². The quantitative estimate of drug-likeness (QED) is 0.484. The van der Waals surface area contributed by atoms with Crippen molar-refractivity contribution < 1.29 is 83.9 Å². The van der Waals surface area contributed by atoms with E-state index in [1.165, 1.54) is 0 Å². The maximum absolute atomic E-state index is 9.34.